The number of carboxylic acid groups (broad SMARTS) is 1. The van der Waals surface area contributed by atoms with Gasteiger partial charge in [0.1, 0.15) is 23.4 Å². The van der Waals surface area contributed by atoms with Gasteiger partial charge in [0.2, 0.25) is 5.95 Å². The number of aromatic nitrogens is 2. The van der Waals surface area contributed by atoms with Gasteiger partial charge in [-0.15, -0.1) is 0 Å². The lowest BCUT2D eigenvalue weighted by atomic mass is 10.1. The molecule has 5 rings (SSSR count). The van der Waals surface area contributed by atoms with Crippen LogP contribution in [-0.4, -0.2) is 44.8 Å². The monoisotopic (exact) mass is 445 g/mol. The molecule has 33 heavy (non-hydrogen) atoms. The molecule has 0 saturated carbocycles. The summed E-state index contributed by atoms with van der Waals surface area (Å²) in [7, 11) is 0. The highest BCUT2D eigenvalue weighted by Crippen LogP contribution is 2.32. The number of rotatable bonds is 5. The molecule has 1 fully saturated rings. The first-order chi connectivity index (χ1) is 16.0. The van der Waals surface area contributed by atoms with E-state index in [9.17, 15) is 19.4 Å². The number of aliphatic hydroxyl groups is 1. The standard InChI is InChI=1S/C25H20FN3O4/c26-16-7-11-19(12-8-16)33-18-9-5-15(6-10-18)23-20-3-1-2-4-21(20)27-25(28-23)29-14-17(30)13-22(29)24(31)32/h1-12,17,22,30H,13-14H2,(H,31,32). The van der Waals surface area contributed by atoms with Crippen LogP contribution in [0.4, 0.5) is 10.3 Å². The quantitative estimate of drug-likeness (QED) is 0.474. The Morgan fingerprint density at radius 1 is 0.970 bits per heavy atom. The van der Waals surface area contributed by atoms with Gasteiger partial charge in [0.25, 0.3) is 0 Å². The SMILES string of the molecule is O=C(O)C1CC(O)CN1c1nc(-c2ccc(Oc3ccc(F)cc3)cc2)c2ccccc2n1. The second kappa shape index (κ2) is 8.48. The fourth-order valence-electron chi connectivity index (χ4n) is 4.00. The number of carboxylic acids is 1. The van der Waals surface area contributed by atoms with Gasteiger partial charge < -0.3 is 19.8 Å². The molecular formula is C25H20FN3O4. The Hall–Kier alpha value is -4.04. The van der Waals surface area contributed by atoms with Crippen molar-refractivity contribution in [2.24, 2.45) is 0 Å². The zero-order valence-electron chi connectivity index (χ0n) is 17.4. The molecule has 1 saturated heterocycles. The van der Waals surface area contributed by atoms with Crippen molar-refractivity contribution >= 4 is 22.8 Å². The number of aliphatic carboxylic acids is 1. The number of nitrogens with zero attached hydrogens (tertiary/aromatic N) is 3. The van der Waals surface area contributed by atoms with E-state index in [0.717, 1.165) is 10.9 Å². The van der Waals surface area contributed by atoms with E-state index in [-0.39, 0.29) is 24.7 Å². The van der Waals surface area contributed by atoms with Crippen molar-refractivity contribution in [3.63, 3.8) is 0 Å². The number of hydrogen-bond acceptors (Lipinski definition) is 6. The number of β-amino-alcohol motifs (C(OH)–C–C–N with tert-alkyl or cyclic N) is 1. The molecular weight excluding hydrogens is 425 g/mol. The first kappa shape index (κ1) is 20.8. The Morgan fingerprint density at radius 2 is 1.64 bits per heavy atom. The highest BCUT2D eigenvalue weighted by Gasteiger charge is 2.38. The number of ether oxygens (including phenoxy) is 1. The molecule has 1 aromatic heterocycles. The molecule has 2 unspecified atom stereocenters. The summed E-state index contributed by atoms with van der Waals surface area (Å²) in [6.45, 7) is 0.152. The van der Waals surface area contributed by atoms with Gasteiger partial charge in [-0.05, 0) is 54.6 Å². The molecule has 0 spiro atoms. The van der Waals surface area contributed by atoms with E-state index in [1.54, 1.807) is 24.3 Å². The second-order valence-corrected chi connectivity index (χ2v) is 7.87. The van der Waals surface area contributed by atoms with E-state index in [1.165, 1.54) is 17.0 Å². The smallest absolute Gasteiger partial charge is 0.326 e. The van der Waals surface area contributed by atoms with Crippen LogP contribution in [0.1, 0.15) is 6.42 Å². The molecule has 2 N–H and O–H groups in total. The molecule has 2 atom stereocenters. The van der Waals surface area contributed by atoms with E-state index in [1.807, 2.05) is 36.4 Å². The Balaban J connectivity index is 1.52. The predicted molar refractivity (Wildman–Crippen MR) is 121 cm³/mol. The van der Waals surface area contributed by atoms with Crippen molar-refractivity contribution in [3.05, 3.63) is 78.6 Å². The number of aliphatic hydroxyl groups excluding tert-OH is 1. The van der Waals surface area contributed by atoms with Crippen LogP contribution < -0.4 is 9.64 Å². The fourth-order valence-corrected chi connectivity index (χ4v) is 4.00. The number of carbonyl (C=O) groups is 1. The number of fused-ring (bicyclic) bond motifs is 1. The van der Waals surface area contributed by atoms with Crippen LogP contribution in [0.15, 0.2) is 72.8 Å². The van der Waals surface area contributed by atoms with Crippen LogP contribution in [0.2, 0.25) is 0 Å². The molecule has 3 aromatic carbocycles. The summed E-state index contributed by atoms with van der Waals surface area (Å²) in [5.74, 6) is 0.00928. The maximum absolute atomic E-state index is 13.1. The Labute approximate surface area is 188 Å². The average molecular weight is 445 g/mol. The largest absolute Gasteiger partial charge is 0.480 e. The summed E-state index contributed by atoms with van der Waals surface area (Å²) in [6.07, 6.45) is -0.636. The minimum Gasteiger partial charge on any atom is -0.480 e. The molecule has 0 aliphatic carbocycles. The van der Waals surface area contributed by atoms with Gasteiger partial charge in [-0.2, -0.15) is 0 Å². The number of anilines is 1. The summed E-state index contributed by atoms with van der Waals surface area (Å²) in [5, 5.41) is 20.5. The third-order valence-corrected chi connectivity index (χ3v) is 5.59. The number of hydrogen-bond donors (Lipinski definition) is 2. The van der Waals surface area contributed by atoms with E-state index < -0.39 is 18.1 Å². The van der Waals surface area contributed by atoms with Gasteiger partial charge in [0, 0.05) is 23.9 Å². The maximum atomic E-state index is 13.1. The Bertz CT molecular complexity index is 1310. The van der Waals surface area contributed by atoms with Crippen LogP contribution in [0.25, 0.3) is 22.2 Å². The molecule has 0 amide bonds. The van der Waals surface area contributed by atoms with Gasteiger partial charge >= 0.3 is 5.97 Å². The van der Waals surface area contributed by atoms with Crippen molar-refractivity contribution in [1.29, 1.82) is 0 Å². The van der Waals surface area contributed by atoms with Crippen molar-refractivity contribution in [2.75, 3.05) is 11.4 Å². The lowest BCUT2D eigenvalue weighted by Gasteiger charge is -2.22. The first-order valence-electron chi connectivity index (χ1n) is 10.5. The molecule has 2 heterocycles. The lowest BCUT2D eigenvalue weighted by Crippen LogP contribution is -2.37. The summed E-state index contributed by atoms with van der Waals surface area (Å²) < 4.78 is 18.9. The molecule has 0 radical (unpaired) electrons. The van der Waals surface area contributed by atoms with Crippen LogP contribution in [0, 0.1) is 5.82 Å². The maximum Gasteiger partial charge on any atom is 0.326 e. The van der Waals surface area contributed by atoms with Crippen molar-refractivity contribution < 1.29 is 24.1 Å². The second-order valence-electron chi connectivity index (χ2n) is 7.87. The van der Waals surface area contributed by atoms with Crippen molar-refractivity contribution in [2.45, 2.75) is 18.6 Å². The van der Waals surface area contributed by atoms with Crippen molar-refractivity contribution in [1.82, 2.24) is 9.97 Å². The van der Waals surface area contributed by atoms with E-state index in [2.05, 4.69) is 4.98 Å². The summed E-state index contributed by atoms with van der Waals surface area (Å²) in [4.78, 5) is 22.5. The van der Waals surface area contributed by atoms with Gasteiger partial charge in [0.05, 0.1) is 17.3 Å². The third kappa shape index (κ3) is 4.20. The van der Waals surface area contributed by atoms with Crippen LogP contribution in [0.5, 0.6) is 11.5 Å². The number of benzene rings is 3. The highest BCUT2D eigenvalue weighted by atomic mass is 19.1. The minimum atomic E-state index is -1.02. The van der Waals surface area contributed by atoms with Crippen LogP contribution >= 0.6 is 0 Å². The third-order valence-electron chi connectivity index (χ3n) is 5.59. The molecule has 4 aromatic rings. The highest BCUT2D eigenvalue weighted by molar-refractivity contribution is 5.93. The van der Waals surface area contributed by atoms with Gasteiger partial charge in [0.15, 0.2) is 0 Å². The first-order valence-corrected chi connectivity index (χ1v) is 10.5. The van der Waals surface area contributed by atoms with Gasteiger partial charge in [-0.1, -0.05) is 18.2 Å². The average Bonchev–Trinajstić information content (AvgIpc) is 3.22. The number of para-hydroxylation sites is 1. The summed E-state index contributed by atoms with van der Waals surface area (Å²) in [6, 6.07) is 19.7. The topological polar surface area (TPSA) is 95.8 Å². The Kier molecular flexibility index (Phi) is 5.35. The molecule has 1 aliphatic heterocycles. The zero-order valence-corrected chi connectivity index (χ0v) is 17.4. The minimum absolute atomic E-state index is 0.121. The van der Waals surface area contributed by atoms with Gasteiger partial charge in [-0.3, -0.25) is 0 Å². The molecule has 1 aliphatic rings. The van der Waals surface area contributed by atoms with Crippen LogP contribution in [0.3, 0.4) is 0 Å². The Morgan fingerprint density at radius 3 is 2.33 bits per heavy atom. The number of halogens is 1. The molecule has 0 bridgehead atoms. The van der Waals surface area contributed by atoms with Crippen molar-refractivity contribution in [3.8, 4) is 22.8 Å². The van der Waals surface area contributed by atoms with E-state index in [0.29, 0.717) is 22.7 Å². The summed E-state index contributed by atoms with van der Waals surface area (Å²) >= 11 is 0. The van der Waals surface area contributed by atoms with E-state index >= 15 is 0 Å². The fraction of sp³-hybridized carbons (Fsp3) is 0.160. The molecule has 166 valence electrons. The van der Waals surface area contributed by atoms with Gasteiger partial charge in [-0.25, -0.2) is 19.2 Å². The molecule has 7 nitrogen and oxygen atoms in total. The zero-order chi connectivity index (χ0) is 22.9. The van der Waals surface area contributed by atoms with Crippen LogP contribution in [-0.2, 0) is 4.79 Å². The summed E-state index contributed by atoms with van der Waals surface area (Å²) in [5.41, 5.74) is 2.12. The normalized spacial score (nSPS) is 17.9. The van der Waals surface area contributed by atoms with E-state index in [4.69, 9.17) is 9.72 Å². The molecule has 8 heteroatoms. The lowest BCUT2D eigenvalue weighted by molar-refractivity contribution is -0.138. The predicted octanol–water partition coefficient (Wildman–Crippen LogP) is 4.25.